The molecule has 1 aromatic carbocycles. The number of pyridine rings is 1. The third kappa shape index (κ3) is 2.52. The molecule has 0 spiro atoms. The minimum Gasteiger partial charge on any atom is -0.464 e. The molecule has 0 atom stereocenters. The molecule has 122 valence electrons. The third-order valence-corrected chi connectivity index (χ3v) is 4.24. The predicted molar refractivity (Wildman–Crippen MR) is 89.9 cm³/mol. The lowest BCUT2D eigenvalue weighted by molar-refractivity contribution is 0.129. The van der Waals surface area contributed by atoms with Crippen LogP contribution in [-0.2, 0) is 13.1 Å². The summed E-state index contributed by atoms with van der Waals surface area (Å²) < 4.78 is 11.0. The summed E-state index contributed by atoms with van der Waals surface area (Å²) in [7, 11) is 0. The first-order valence-corrected chi connectivity index (χ1v) is 7.92. The van der Waals surface area contributed by atoms with E-state index < -0.39 is 6.09 Å². The molecule has 5 heteroatoms. The van der Waals surface area contributed by atoms with Gasteiger partial charge in [0.05, 0.1) is 18.6 Å². The van der Waals surface area contributed by atoms with Gasteiger partial charge in [0.15, 0.2) is 0 Å². The minimum absolute atomic E-state index is 0.386. The van der Waals surface area contributed by atoms with Gasteiger partial charge in [0.2, 0.25) is 5.88 Å². The van der Waals surface area contributed by atoms with Gasteiger partial charge in [-0.25, -0.2) is 9.78 Å². The number of rotatable bonds is 2. The molecular weight excluding hydrogens is 304 g/mol. The predicted octanol–water partition coefficient (Wildman–Crippen LogP) is 4.27. The van der Waals surface area contributed by atoms with Crippen LogP contribution in [-0.4, -0.2) is 16.0 Å². The molecule has 4 rings (SSSR count). The number of ether oxygens (including phenoxy) is 1. The Hall–Kier alpha value is -2.82. The fraction of sp³-hybridized carbons (Fsp3) is 0.263. The molecule has 5 nitrogen and oxygen atoms in total. The van der Waals surface area contributed by atoms with Gasteiger partial charge in [-0.05, 0) is 50.6 Å². The molecule has 0 saturated carbocycles. The molecule has 0 unspecified atom stereocenters. The quantitative estimate of drug-likeness (QED) is 0.707. The molecule has 0 bridgehead atoms. The molecule has 2 aromatic heterocycles. The number of benzene rings is 1. The lowest BCUT2D eigenvalue weighted by atomic mass is 10.0. The second kappa shape index (κ2) is 5.37. The molecule has 0 saturated heterocycles. The lowest BCUT2D eigenvalue weighted by Gasteiger charge is -2.27. The first-order valence-electron chi connectivity index (χ1n) is 7.92. The molecular formula is C19H18N2O3. The van der Waals surface area contributed by atoms with Gasteiger partial charge in [0, 0.05) is 10.9 Å². The molecule has 24 heavy (non-hydrogen) atoms. The molecule has 0 aliphatic carbocycles. The Kier molecular flexibility index (Phi) is 3.30. The highest BCUT2D eigenvalue weighted by Gasteiger charge is 2.27. The van der Waals surface area contributed by atoms with Crippen molar-refractivity contribution in [2.45, 2.75) is 33.9 Å². The fourth-order valence-electron chi connectivity index (χ4n) is 3.18. The zero-order valence-electron chi connectivity index (χ0n) is 13.9. The minimum atomic E-state index is -0.395. The van der Waals surface area contributed by atoms with Gasteiger partial charge in [-0.2, -0.15) is 0 Å². The van der Waals surface area contributed by atoms with Crippen molar-refractivity contribution in [3.8, 4) is 5.88 Å². The fourth-order valence-corrected chi connectivity index (χ4v) is 3.18. The SMILES string of the molecule is Cc1cc(C)c2nc3c(cc2c1)CN(Cc1ccc(C)o1)C(=O)O3. The number of carbonyl (C=O) groups excluding carboxylic acids is 1. The summed E-state index contributed by atoms with van der Waals surface area (Å²) in [4.78, 5) is 18.4. The van der Waals surface area contributed by atoms with E-state index in [0.717, 1.165) is 33.6 Å². The van der Waals surface area contributed by atoms with Crippen LogP contribution in [0.3, 0.4) is 0 Å². The van der Waals surface area contributed by atoms with Crippen molar-refractivity contribution in [2.24, 2.45) is 0 Å². The van der Waals surface area contributed by atoms with Crippen LogP contribution < -0.4 is 4.74 Å². The zero-order chi connectivity index (χ0) is 16.8. The monoisotopic (exact) mass is 322 g/mol. The van der Waals surface area contributed by atoms with Gasteiger partial charge in [-0.1, -0.05) is 11.6 Å². The summed E-state index contributed by atoms with van der Waals surface area (Å²) in [6, 6.07) is 10.0. The van der Waals surface area contributed by atoms with E-state index in [1.54, 1.807) is 4.90 Å². The third-order valence-electron chi connectivity index (χ3n) is 4.24. The Morgan fingerprint density at radius 3 is 2.75 bits per heavy atom. The Balaban J connectivity index is 1.70. The van der Waals surface area contributed by atoms with Gasteiger partial charge in [-0.3, -0.25) is 4.90 Å². The zero-order valence-corrected chi connectivity index (χ0v) is 13.9. The maximum absolute atomic E-state index is 12.3. The van der Waals surface area contributed by atoms with Crippen LogP contribution in [0, 0.1) is 20.8 Å². The number of furan rings is 1. The summed E-state index contributed by atoms with van der Waals surface area (Å²) >= 11 is 0. The maximum atomic E-state index is 12.3. The van der Waals surface area contributed by atoms with Gasteiger partial charge in [-0.15, -0.1) is 0 Å². The smallest absolute Gasteiger partial charge is 0.417 e. The van der Waals surface area contributed by atoms with Crippen molar-refractivity contribution >= 4 is 17.0 Å². The maximum Gasteiger partial charge on any atom is 0.417 e. The van der Waals surface area contributed by atoms with Crippen molar-refractivity contribution < 1.29 is 13.9 Å². The van der Waals surface area contributed by atoms with E-state index >= 15 is 0 Å². The molecule has 0 N–H and O–H groups in total. The van der Waals surface area contributed by atoms with Crippen molar-refractivity contribution in [1.82, 2.24) is 9.88 Å². The largest absolute Gasteiger partial charge is 0.464 e. The summed E-state index contributed by atoms with van der Waals surface area (Å²) in [6.45, 7) is 6.82. The van der Waals surface area contributed by atoms with E-state index in [1.807, 2.05) is 26.0 Å². The van der Waals surface area contributed by atoms with E-state index in [1.165, 1.54) is 5.56 Å². The number of fused-ring (bicyclic) bond motifs is 2. The standard InChI is InChI=1S/C19H18N2O3/c1-11-6-12(2)17-14(7-11)8-15-9-21(19(22)24-18(15)20-17)10-16-5-4-13(3)23-16/h4-8H,9-10H2,1-3H3. The second-order valence-electron chi connectivity index (χ2n) is 6.34. The topological polar surface area (TPSA) is 55.6 Å². The Labute approximate surface area is 139 Å². The first-order chi connectivity index (χ1) is 11.5. The first kappa shape index (κ1) is 14.8. The van der Waals surface area contributed by atoms with E-state index in [0.29, 0.717) is 19.0 Å². The number of aryl methyl sites for hydroxylation is 3. The molecule has 3 aromatic rings. The van der Waals surface area contributed by atoms with Gasteiger partial charge < -0.3 is 9.15 Å². The Morgan fingerprint density at radius 2 is 2.00 bits per heavy atom. The van der Waals surface area contributed by atoms with E-state index in [4.69, 9.17) is 9.15 Å². The van der Waals surface area contributed by atoms with E-state index in [9.17, 15) is 4.79 Å². The molecule has 1 amide bonds. The molecule has 0 fully saturated rings. The van der Waals surface area contributed by atoms with Crippen molar-refractivity contribution in [3.05, 3.63) is 58.5 Å². The average Bonchev–Trinajstić information content (AvgIpc) is 2.92. The van der Waals surface area contributed by atoms with E-state index in [2.05, 4.69) is 30.1 Å². The highest BCUT2D eigenvalue weighted by molar-refractivity contribution is 5.85. The molecule has 0 radical (unpaired) electrons. The molecule has 1 aliphatic rings. The van der Waals surface area contributed by atoms with Crippen LogP contribution in [0.15, 0.2) is 34.7 Å². The number of amides is 1. The summed E-state index contributed by atoms with van der Waals surface area (Å²) in [5.74, 6) is 1.98. The summed E-state index contributed by atoms with van der Waals surface area (Å²) in [5, 5.41) is 1.07. The molecule has 3 heterocycles. The van der Waals surface area contributed by atoms with Crippen LogP contribution in [0.1, 0.15) is 28.2 Å². The van der Waals surface area contributed by atoms with Gasteiger partial charge >= 0.3 is 6.09 Å². The number of hydrogen-bond donors (Lipinski definition) is 0. The van der Waals surface area contributed by atoms with Crippen LogP contribution >= 0.6 is 0 Å². The Bertz CT molecular complexity index is 959. The van der Waals surface area contributed by atoms with Crippen LogP contribution in [0.2, 0.25) is 0 Å². The number of carbonyl (C=O) groups is 1. The summed E-state index contributed by atoms with van der Waals surface area (Å²) in [5.41, 5.74) is 4.06. The number of aromatic nitrogens is 1. The highest BCUT2D eigenvalue weighted by atomic mass is 16.6. The van der Waals surface area contributed by atoms with Crippen molar-refractivity contribution in [2.75, 3.05) is 0 Å². The van der Waals surface area contributed by atoms with Crippen LogP contribution in [0.25, 0.3) is 10.9 Å². The number of nitrogens with zero attached hydrogens (tertiary/aromatic N) is 2. The second-order valence-corrected chi connectivity index (χ2v) is 6.34. The molecule has 1 aliphatic heterocycles. The van der Waals surface area contributed by atoms with E-state index in [-0.39, 0.29) is 0 Å². The lowest BCUT2D eigenvalue weighted by Crippen LogP contribution is -2.36. The Morgan fingerprint density at radius 1 is 1.17 bits per heavy atom. The summed E-state index contributed by atoms with van der Waals surface area (Å²) in [6.07, 6.45) is -0.395. The highest BCUT2D eigenvalue weighted by Crippen LogP contribution is 2.30. The van der Waals surface area contributed by atoms with Crippen LogP contribution in [0.4, 0.5) is 4.79 Å². The average molecular weight is 322 g/mol. The van der Waals surface area contributed by atoms with Crippen molar-refractivity contribution in [1.29, 1.82) is 0 Å². The van der Waals surface area contributed by atoms with Crippen molar-refractivity contribution in [3.63, 3.8) is 0 Å². The van der Waals surface area contributed by atoms with Crippen LogP contribution in [0.5, 0.6) is 5.88 Å². The van der Waals surface area contributed by atoms with Gasteiger partial charge in [0.25, 0.3) is 0 Å². The normalized spacial score (nSPS) is 14.0. The van der Waals surface area contributed by atoms with Gasteiger partial charge in [0.1, 0.15) is 11.5 Å². The number of hydrogen-bond acceptors (Lipinski definition) is 4.